The van der Waals surface area contributed by atoms with Gasteiger partial charge < -0.3 is 14.6 Å². The third kappa shape index (κ3) is 3.94. The van der Waals surface area contributed by atoms with Gasteiger partial charge in [-0.05, 0) is 12.8 Å². The molecule has 0 aromatic rings. The molecule has 0 aromatic heterocycles. The summed E-state index contributed by atoms with van der Waals surface area (Å²) in [5.41, 5.74) is 0.0349. The molecule has 0 bridgehead atoms. The van der Waals surface area contributed by atoms with E-state index < -0.39 is 6.35 Å². The summed E-state index contributed by atoms with van der Waals surface area (Å²) >= 11 is 1.95. The smallest absolute Gasteiger partial charge is 0.305 e. The van der Waals surface area contributed by atoms with Crippen LogP contribution in [-0.2, 0) is 14.3 Å². The SMILES string of the molecule is CC1(COC(=O)CCCCC2SC[C@@H]3NC(O)N[C@H]23)COC1. The van der Waals surface area contributed by atoms with Crippen LogP contribution in [0.2, 0.25) is 0 Å². The molecule has 2 unspecified atom stereocenters. The van der Waals surface area contributed by atoms with Crippen LogP contribution in [0.3, 0.4) is 0 Å². The van der Waals surface area contributed by atoms with Crippen molar-refractivity contribution in [2.45, 2.75) is 56.3 Å². The number of unbranched alkanes of at least 4 members (excludes halogenated alkanes) is 1. The van der Waals surface area contributed by atoms with Crippen molar-refractivity contribution < 1.29 is 19.4 Å². The molecule has 4 atom stereocenters. The topological polar surface area (TPSA) is 79.8 Å². The molecule has 3 aliphatic rings. The van der Waals surface area contributed by atoms with Crippen molar-refractivity contribution in [2.75, 3.05) is 25.6 Å². The average Bonchev–Trinajstić information content (AvgIpc) is 2.99. The molecule has 3 aliphatic heterocycles. The Morgan fingerprint density at radius 1 is 1.41 bits per heavy atom. The number of carbonyl (C=O) groups excluding carboxylic acids is 1. The molecule has 126 valence electrons. The van der Waals surface area contributed by atoms with Crippen LogP contribution < -0.4 is 10.6 Å². The van der Waals surface area contributed by atoms with Gasteiger partial charge in [-0.3, -0.25) is 15.4 Å². The molecule has 3 heterocycles. The summed E-state index contributed by atoms with van der Waals surface area (Å²) in [5, 5.41) is 16.4. The predicted octanol–water partition coefficient (Wildman–Crippen LogP) is 0.448. The van der Waals surface area contributed by atoms with E-state index in [2.05, 4.69) is 17.6 Å². The second-order valence-electron chi connectivity index (χ2n) is 6.95. The van der Waals surface area contributed by atoms with E-state index >= 15 is 0 Å². The zero-order valence-electron chi connectivity index (χ0n) is 13.0. The number of hydrogen-bond acceptors (Lipinski definition) is 7. The molecule has 0 amide bonds. The number of esters is 1. The number of hydrogen-bond donors (Lipinski definition) is 3. The summed E-state index contributed by atoms with van der Waals surface area (Å²) in [6.07, 6.45) is 2.90. The molecule has 22 heavy (non-hydrogen) atoms. The molecule has 0 aromatic carbocycles. The molecule has 7 heteroatoms. The van der Waals surface area contributed by atoms with Gasteiger partial charge in [-0.2, -0.15) is 11.8 Å². The van der Waals surface area contributed by atoms with Gasteiger partial charge in [-0.25, -0.2) is 0 Å². The lowest BCUT2D eigenvalue weighted by molar-refractivity contribution is -0.165. The highest BCUT2D eigenvalue weighted by atomic mass is 32.2. The molecule has 0 radical (unpaired) electrons. The van der Waals surface area contributed by atoms with Crippen molar-refractivity contribution >= 4 is 17.7 Å². The first-order valence-electron chi connectivity index (χ1n) is 8.11. The molecule has 3 rings (SSSR count). The number of aliphatic hydroxyl groups excluding tert-OH is 1. The van der Waals surface area contributed by atoms with E-state index in [0.717, 1.165) is 25.0 Å². The van der Waals surface area contributed by atoms with E-state index in [1.54, 1.807) is 0 Å². The van der Waals surface area contributed by atoms with E-state index in [-0.39, 0.29) is 11.4 Å². The molecule has 3 fully saturated rings. The van der Waals surface area contributed by atoms with Crippen molar-refractivity contribution in [3.8, 4) is 0 Å². The van der Waals surface area contributed by atoms with Gasteiger partial charge in [0, 0.05) is 34.9 Å². The molecule has 3 saturated heterocycles. The van der Waals surface area contributed by atoms with E-state index in [1.807, 2.05) is 11.8 Å². The summed E-state index contributed by atoms with van der Waals surface area (Å²) in [5.74, 6) is 0.948. The summed E-state index contributed by atoms with van der Waals surface area (Å²) in [4.78, 5) is 11.7. The Balaban J connectivity index is 1.27. The number of rotatable bonds is 7. The van der Waals surface area contributed by atoms with Crippen LogP contribution in [0.5, 0.6) is 0 Å². The van der Waals surface area contributed by atoms with Crippen LogP contribution >= 0.6 is 11.8 Å². The number of thioether (sulfide) groups is 1. The number of ether oxygens (including phenoxy) is 2. The highest BCUT2D eigenvalue weighted by molar-refractivity contribution is 8.00. The minimum absolute atomic E-state index is 0.0349. The van der Waals surface area contributed by atoms with Crippen LogP contribution in [0.15, 0.2) is 0 Å². The highest BCUT2D eigenvalue weighted by Gasteiger charge is 2.42. The van der Waals surface area contributed by atoms with Gasteiger partial charge in [0.2, 0.25) is 0 Å². The molecule has 0 saturated carbocycles. The third-order valence-corrected chi connectivity index (χ3v) is 6.16. The van der Waals surface area contributed by atoms with Crippen LogP contribution in [0.1, 0.15) is 32.6 Å². The Hall–Kier alpha value is -0.340. The summed E-state index contributed by atoms with van der Waals surface area (Å²) in [6, 6.07) is 0.728. The lowest BCUT2D eigenvalue weighted by Gasteiger charge is -2.37. The van der Waals surface area contributed by atoms with Crippen LogP contribution in [-0.4, -0.2) is 60.3 Å². The maximum absolute atomic E-state index is 11.7. The maximum atomic E-state index is 11.7. The number of fused-ring (bicyclic) bond motifs is 1. The Morgan fingerprint density at radius 2 is 2.23 bits per heavy atom. The van der Waals surface area contributed by atoms with Gasteiger partial charge in [0.1, 0.15) is 6.61 Å². The Morgan fingerprint density at radius 3 is 2.95 bits per heavy atom. The molecule has 6 nitrogen and oxygen atoms in total. The second kappa shape index (κ2) is 7.05. The lowest BCUT2D eigenvalue weighted by Crippen LogP contribution is -2.44. The molecule has 0 aliphatic carbocycles. The zero-order valence-corrected chi connectivity index (χ0v) is 13.9. The van der Waals surface area contributed by atoms with E-state index in [4.69, 9.17) is 9.47 Å². The van der Waals surface area contributed by atoms with Crippen LogP contribution in [0.25, 0.3) is 0 Å². The second-order valence-corrected chi connectivity index (χ2v) is 8.22. The average molecular weight is 330 g/mol. The summed E-state index contributed by atoms with van der Waals surface area (Å²) in [6.45, 7) is 3.93. The van der Waals surface area contributed by atoms with Gasteiger partial charge in [0.25, 0.3) is 0 Å². The van der Waals surface area contributed by atoms with Crippen molar-refractivity contribution in [3.63, 3.8) is 0 Å². The monoisotopic (exact) mass is 330 g/mol. The normalized spacial score (nSPS) is 35.9. The van der Waals surface area contributed by atoms with E-state index in [0.29, 0.717) is 43.6 Å². The van der Waals surface area contributed by atoms with Crippen molar-refractivity contribution in [3.05, 3.63) is 0 Å². The van der Waals surface area contributed by atoms with Gasteiger partial charge in [-0.15, -0.1) is 0 Å². The minimum Gasteiger partial charge on any atom is -0.465 e. The first-order chi connectivity index (χ1) is 10.6. The van der Waals surface area contributed by atoms with Gasteiger partial charge >= 0.3 is 5.97 Å². The fraction of sp³-hybridized carbons (Fsp3) is 0.933. The maximum Gasteiger partial charge on any atom is 0.305 e. The molecule has 3 N–H and O–H groups in total. The summed E-state index contributed by atoms with van der Waals surface area (Å²) < 4.78 is 10.5. The van der Waals surface area contributed by atoms with Gasteiger partial charge in [0.05, 0.1) is 13.2 Å². The molecular formula is C15H26N2O4S. The Kier molecular flexibility index (Phi) is 5.29. The van der Waals surface area contributed by atoms with E-state index in [9.17, 15) is 9.90 Å². The number of carbonyl (C=O) groups is 1. The lowest BCUT2D eigenvalue weighted by atomic mass is 9.90. The molecule has 0 spiro atoms. The summed E-state index contributed by atoms with van der Waals surface area (Å²) in [7, 11) is 0. The van der Waals surface area contributed by atoms with Crippen molar-refractivity contribution in [2.24, 2.45) is 5.41 Å². The van der Waals surface area contributed by atoms with Crippen molar-refractivity contribution in [1.29, 1.82) is 0 Å². The van der Waals surface area contributed by atoms with Gasteiger partial charge in [0.15, 0.2) is 6.35 Å². The van der Waals surface area contributed by atoms with E-state index in [1.165, 1.54) is 0 Å². The highest BCUT2D eigenvalue weighted by Crippen LogP contribution is 2.33. The Bertz CT molecular complexity index is 405. The fourth-order valence-electron chi connectivity index (χ4n) is 3.24. The first-order valence-corrected chi connectivity index (χ1v) is 9.16. The quantitative estimate of drug-likeness (QED) is 0.462. The van der Waals surface area contributed by atoms with Crippen molar-refractivity contribution in [1.82, 2.24) is 10.6 Å². The minimum atomic E-state index is -0.565. The van der Waals surface area contributed by atoms with Crippen LogP contribution in [0, 0.1) is 5.41 Å². The number of aliphatic hydroxyl groups is 1. The fourth-order valence-corrected chi connectivity index (χ4v) is 4.81. The molecular weight excluding hydrogens is 304 g/mol. The first kappa shape index (κ1) is 16.5. The number of nitrogens with one attached hydrogen (secondary N) is 2. The third-order valence-electron chi connectivity index (χ3n) is 4.65. The van der Waals surface area contributed by atoms with Crippen LogP contribution in [0.4, 0.5) is 0 Å². The Labute approximate surface area is 135 Å². The zero-order chi connectivity index (χ0) is 15.6. The standard InChI is InChI=1S/C15H26N2O4S/c1-15(7-20-8-15)9-21-12(18)5-3-2-4-11-13-10(6-22-11)16-14(19)17-13/h10-11,13-14,16-17,19H,2-9H2,1H3/t10-,11?,13-,14?/m0/s1. The largest absolute Gasteiger partial charge is 0.465 e. The predicted molar refractivity (Wildman–Crippen MR) is 84.5 cm³/mol. The van der Waals surface area contributed by atoms with Gasteiger partial charge in [-0.1, -0.05) is 13.3 Å².